The van der Waals surface area contributed by atoms with Crippen molar-refractivity contribution in [1.82, 2.24) is 20.3 Å². The SMILES string of the molecule is CN1C(=O)[C@@H](NC(=O)c2ncc(Cl)c(-c3ccccc3)n2)COc2cc(F)cnc21. The predicted octanol–water partition coefficient (Wildman–Crippen LogP) is 2.48. The Hall–Kier alpha value is -3.59. The zero-order chi connectivity index (χ0) is 21.3. The summed E-state index contributed by atoms with van der Waals surface area (Å²) in [7, 11) is 1.46. The van der Waals surface area contributed by atoms with Crippen LogP contribution in [0.15, 0.2) is 48.8 Å². The number of benzene rings is 1. The molecule has 0 fully saturated rings. The molecule has 0 aliphatic carbocycles. The van der Waals surface area contributed by atoms with Crippen molar-refractivity contribution in [2.24, 2.45) is 0 Å². The molecule has 30 heavy (non-hydrogen) atoms. The molecule has 2 amide bonds. The summed E-state index contributed by atoms with van der Waals surface area (Å²) >= 11 is 6.18. The van der Waals surface area contributed by atoms with Crippen LogP contribution < -0.4 is 15.0 Å². The molecule has 0 spiro atoms. The first kappa shape index (κ1) is 19.7. The fourth-order valence-corrected chi connectivity index (χ4v) is 3.16. The van der Waals surface area contributed by atoms with Gasteiger partial charge >= 0.3 is 0 Å². The minimum atomic E-state index is -1.04. The second kappa shape index (κ2) is 8.03. The van der Waals surface area contributed by atoms with E-state index in [1.165, 1.54) is 18.1 Å². The van der Waals surface area contributed by atoms with Gasteiger partial charge in [-0.2, -0.15) is 0 Å². The number of fused-ring (bicyclic) bond motifs is 1. The van der Waals surface area contributed by atoms with Gasteiger partial charge in [0.2, 0.25) is 5.82 Å². The second-order valence-electron chi connectivity index (χ2n) is 6.47. The highest BCUT2D eigenvalue weighted by Crippen LogP contribution is 2.29. The Morgan fingerprint density at radius 1 is 1.27 bits per heavy atom. The Balaban J connectivity index is 1.57. The minimum Gasteiger partial charge on any atom is -0.487 e. The fourth-order valence-electron chi connectivity index (χ4n) is 2.96. The number of ether oxygens (including phenoxy) is 1. The molecular weight excluding hydrogens is 413 g/mol. The molecule has 0 bridgehead atoms. The molecular formula is C20H15ClFN5O3. The zero-order valence-corrected chi connectivity index (χ0v) is 16.4. The van der Waals surface area contributed by atoms with Crippen molar-refractivity contribution in [3.05, 3.63) is 65.5 Å². The fraction of sp³-hybridized carbons (Fsp3) is 0.150. The maximum atomic E-state index is 13.4. The monoisotopic (exact) mass is 427 g/mol. The average Bonchev–Trinajstić information content (AvgIpc) is 2.86. The third-order valence-electron chi connectivity index (χ3n) is 4.45. The molecule has 1 aliphatic heterocycles. The van der Waals surface area contributed by atoms with Gasteiger partial charge in [-0.25, -0.2) is 19.3 Å². The number of carbonyl (C=O) groups is 2. The number of amides is 2. The van der Waals surface area contributed by atoms with Crippen LogP contribution in [0.3, 0.4) is 0 Å². The van der Waals surface area contributed by atoms with E-state index in [0.717, 1.165) is 17.8 Å². The lowest BCUT2D eigenvalue weighted by atomic mass is 10.1. The van der Waals surface area contributed by atoms with Crippen LogP contribution in [0.2, 0.25) is 5.02 Å². The van der Waals surface area contributed by atoms with E-state index in [2.05, 4.69) is 20.3 Å². The summed E-state index contributed by atoms with van der Waals surface area (Å²) in [6.07, 6.45) is 2.31. The third-order valence-corrected chi connectivity index (χ3v) is 4.73. The normalized spacial score (nSPS) is 15.8. The van der Waals surface area contributed by atoms with Gasteiger partial charge in [0.1, 0.15) is 18.5 Å². The summed E-state index contributed by atoms with van der Waals surface area (Å²) in [5, 5.41) is 2.85. The molecule has 0 saturated carbocycles. The van der Waals surface area contributed by atoms with Gasteiger partial charge < -0.3 is 10.1 Å². The van der Waals surface area contributed by atoms with Gasteiger partial charge in [0.15, 0.2) is 11.6 Å². The summed E-state index contributed by atoms with van der Waals surface area (Å²) in [4.78, 5) is 38.8. The first-order valence-corrected chi connectivity index (χ1v) is 9.26. The summed E-state index contributed by atoms with van der Waals surface area (Å²) in [6.45, 7) is -0.202. The molecule has 0 unspecified atom stereocenters. The van der Waals surface area contributed by atoms with E-state index < -0.39 is 23.7 Å². The van der Waals surface area contributed by atoms with Crippen LogP contribution in [0.1, 0.15) is 10.6 Å². The van der Waals surface area contributed by atoms with Crippen LogP contribution in [-0.4, -0.2) is 46.5 Å². The number of halogens is 2. The van der Waals surface area contributed by atoms with E-state index in [0.29, 0.717) is 5.69 Å². The lowest BCUT2D eigenvalue weighted by molar-refractivity contribution is -0.120. The Kier molecular flexibility index (Phi) is 5.28. The number of rotatable bonds is 3. The van der Waals surface area contributed by atoms with E-state index in [4.69, 9.17) is 16.3 Å². The topological polar surface area (TPSA) is 97.3 Å². The average molecular weight is 428 g/mol. The van der Waals surface area contributed by atoms with Crippen molar-refractivity contribution in [1.29, 1.82) is 0 Å². The van der Waals surface area contributed by atoms with Crippen LogP contribution in [0.25, 0.3) is 11.3 Å². The van der Waals surface area contributed by atoms with Crippen molar-refractivity contribution in [3.63, 3.8) is 0 Å². The molecule has 8 nitrogen and oxygen atoms in total. The number of nitrogens with zero attached hydrogens (tertiary/aromatic N) is 4. The van der Waals surface area contributed by atoms with Gasteiger partial charge in [-0.1, -0.05) is 41.9 Å². The molecule has 152 valence electrons. The molecule has 10 heteroatoms. The summed E-state index contributed by atoms with van der Waals surface area (Å²) in [5.41, 5.74) is 1.11. The molecule has 1 N–H and O–H groups in total. The lowest BCUT2D eigenvalue weighted by Gasteiger charge is -2.19. The highest BCUT2D eigenvalue weighted by molar-refractivity contribution is 6.32. The van der Waals surface area contributed by atoms with Crippen molar-refractivity contribution < 1.29 is 18.7 Å². The predicted molar refractivity (Wildman–Crippen MR) is 107 cm³/mol. The first-order chi connectivity index (χ1) is 14.4. The number of anilines is 1. The number of aromatic nitrogens is 3. The summed E-state index contributed by atoms with van der Waals surface area (Å²) in [5.74, 6) is -1.63. The van der Waals surface area contributed by atoms with Gasteiger partial charge in [-0.15, -0.1) is 0 Å². The Bertz CT molecular complexity index is 1130. The van der Waals surface area contributed by atoms with Crippen LogP contribution in [-0.2, 0) is 4.79 Å². The summed E-state index contributed by atoms with van der Waals surface area (Å²) in [6, 6.07) is 9.18. The Labute approximate surface area is 175 Å². The molecule has 0 radical (unpaired) electrons. The number of likely N-dealkylation sites (N-methyl/N-ethyl adjacent to an activating group) is 1. The first-order valence-electron chi connectivity index (χ1n) is 8.89. The molecule has 1 aromatic carbocycles. The van der Waals surface area contributed by atoms with E-state index >= 15 is 0 Å². The molecule has 2 aromatic heterocycles. The quantitative estimate of drug-likeness (QED) is 0.689. The van der Waals surface area contributed by atoms with Crippen LogP contribution in [0.4, 0.5) is 10.2 Å². The molecule has 0 saturated heterocycles. The smallest absolute Gasteiger partial charge is 0.289 e. The molecule has 1 aliphatic rings. The van der Waals surface area contributed by atoms with Crippen LogP contribution >= 0.6 is 11.6 Å². The zero-order valence-electron chi connectivity index (χ0n) is 15.7. The number of hydrogen-bond donors (Lipinski definition) is 1. The standard InChI is InChI=1S/C20H15ClFN5O3/c1-27-18-15(7-12(22)8-24-18)30-10-14(20(27)29)25-19(28)17-23-9-13(21)16(26-17)11-5-3-2-4-6-11/h2-9,14H,10H2,1H3,(H,25,28)/t14-/m0/s1. The van der Waals surface area contributed by atoms with E-state index in [9.17, 15) is 14.0 Å². The highest BCUT2D eigenvalue weighted by atomic mass is 35.5. The second-order valence-corrected chi connectivity index (χ2v) is 6.87. The number of pyridine rings is 1. The third kappa shape index (κ3) is 3.79. The van der Waals surface area contributed by atoms with E-state index in [1.54, 1.807) is 12.1 Å². The van der Waals surface area contributed by atoms with Gasteiger partial charge in [0.05, 0.1) is 23.1 Å². The van der Waals surface area contributed by atoms with Crippen molar-refractivity contribution >= 4 is 29.2 Å². The van der Waals surface area contributed by atoms with Crippen LogP contribution in [0, 0.1) is 5.82 Å². The Morgan fingerprint density at radius 3 is 2.80 bits per heavy atom. The number of carbonyl (C=O) groups excluding carboxylic acids is 2. The molecule has 3 aromatic rings. The largest absolute Gasteiger partial charge is 0.487 e. The molecule has 1 atom stereocenters. The number of hydrogen-bond acceptors (Lipinski definition) is 6. The van der Waals surface area contributed by atoms with Crippen LogP contribution in [0.5, 0.6) is 5.75 Å². The highest BCUT2D eigenvalue weighted by Gasteiger charge is 2.32. The van der Waals surface area contributed by atoms with Gasteiger partial charge in [-0.05, 0) is 0 Å². The van der Waals surface area contributed by atoms with Gasteiger partial charge in [-0.3, -0.25) is 14.5 Å². The van der Waals surface area contributed by atoms with Crippen molar-refractivity contribution in [2.75, 3.05) is 18.6 Å². The molecule has 3 heterocycles. The minimum absolute atomic E-state index is 0.108. The number of nitrogens with one attached hydrogen (secondary N) is 1. The summed E-state index contributed by atoms with van der Waals surface area (Å²) < 4.78 is 18.9. The molecule has 4 rings (SSSR count). The maximum absolute atomic E-state index is 13.4. The Morgan fingerprint density at radius 2 is 2.03 bits per heavy atom. The lowest BCUT2D eigenvalue weighted by Crippen LogP contribution is -2.49. The van der Waals surface area contributed by atoms with Crippen molar-refractivity contribution in [3.8, 4) is 17.0 Å². The van der Waals surface area contributed by atoms with Gasteiger partial charge in [0, 0.05) is 18.7 Å². The van der Waals surface area contributed by atoms with Gasteiger partial charge in [0.25, 0.3) is 11.8 Å². The maximum Gasteiger partial charge on any atom is 0.289 e. The van der Waals surface area contributed by atoms with E-state index in [1.807, 2.05) is 18.2 Å². The van der Waals surface area contributed by atoms with E-state index in [-0.39, 0.29) is 29.0 Å². The van der Waals surface area contributed by atoms with Crippen molar-refractivity contribution in [2.45, 2.75) is 6.04 Å².